The summed E-state index contributed by atoms with van der Waals surface area (Å²) in [5.74, 6) is 2.14. The maximum absolute atomic E-state index is 12.2. The van der Waals surface area contributed by atoms with Crippen molar-refractivity contribution in [1.82, 2.24) is 10.6 Å². The molecule has 1 aromatic carbocycles. The number of amides is 1. The summed E-state index contributed by atoms with van der Waals surface area (Å²) in [5, 5.41) is 6.43. The first-order valence-electron chi connectivity index (χ1n) is 9.53. The average Bonchev–Trinajstić information content (AvgIpc) is 2.66. The van der Waals surface area contributed by atoms with Crippen molar-refractivity contribution < 1.29 is 9.53 Å². The molecule has 1 aromatic rings. The van der Waals surface area contributed by atoms with Gasteiger partial charge in [-0.25, -0.2) is 0 Å². The third kappa shape index (κ3) is 6.52. The highest BCUT2D eigenvalue weighted by atomic mass is 35.5. The predicted octanol–water partition coefficient (Wildman–Crippen LogP) is 3.80. The van der Waals surface area contributed by atoms with Crippen molar-refractivity contribution >= 4 is 18.3 Å². The van der Waals surface area contributed by atoms with Crippen LogP contribution >= 0.6 is 12.4 Å². The summed E-state index contributed by atoms with van der Waals surface area (Å²) in [5.41, 5.74) is 0.712. The molecule has 140 valence electrons. The van der Waals surface area contributed by atoms with Crippen molar-refractivity contribution in [3.8, 4) is 5.75 Å². The molecule has 1 saturated heterocycles. The lowest BCUT2D eigenvalue weighted by molar-refractivity contribution is 0.0945. The van der Waals surface area contributed by atoms with Crippen LogP contribution in [0.3, 0.4) is 0 Å². The number of hydrogen-bond acceptors (Lipinski definition) is 3. The normalized spacial score (nSPS) is 21.2. The van der Waals surface area contributed by atoms with Crippen LogP contribution in [0.5, 0.6) is 5.75 Å². The van der Waals surface area contributed by atoms with Gasteiger partial charge in [0.15, 0.2) is 0 Å². The molecule has 1 saturated carbocycles. The molecule has 1 aliphatic carbocycles. The quantitative estimate of drug-likeness (QED) is 0.805. The molecular weight excluding hydrogens is 336 g/mol. The van der Waals surface area contributed by atoms with E-state index in [9.17, 15) is 4.79 Å². The van der Waals surface area contributed by atoms with E-state index in [0.29, 0.717) is 17.4 Å². The van der Waals surface area contributed by atoms with E-state index in [2.05, 4.69) is 10.6 Å². The minimum absolute atomic E-state index is 0. The standard InChI is InChI=1S/C20H30N2O2.ClH/c23-20(22-14-17-7-4-12-21-13-17)18-8-10-19(11-9-18)24-15-16-5-2-1-3-6-16;/h8-11,16-17,21H,1-7,12-15H2,(H,22,23);1H. The van der Waals surface area contributed by atoms with Crippen LogP contribution in [0.2, 0.25) is 0 Å². The summed E-state index contributed by atoms with van der Waals surface area (Å²) in [7, 11) is 0. The Balaban J connectivity index is 0.00000225. The second-order valence-electron chi connectivity index (χ2n) is 7.26. The Labute approximate surface area is 157 Å². The minimum Gasteiger partial charge on any atom is -0.493 e. The topological polar surface area (TPSA) is 50.4 Å². The molecule has 1 atom stereocenters. The second kappa shape index (κ2) is 10.7. The number of rotatable bonds is 6. The largest absolute Gasteiger partial charge is 0.493 e. The molecule has 4 nitrogen and oxygen atoms in total. The smallest absolute Gasteiger partial charge is 0.251 e. The molecule has 3 rings (SSSR count). The SMILES string of the molecule is Cl.O=C(NCC1CCCNC1)c1ccc(OCC2CCCCC2)cc1. The van der Waals surface area contributed by atoms with E-state index in [0.717, 1.165) is 32.0 Å². The number of carbonyl (C=O) groups excluding carboxylic acids is 1. The van der Waals surface area contributed by atoms with Crippen LogP contribution in [0.4, 0.5) is 0 Å². The second-order valence-corrected chi connectivity index (χ2v) is 7.26. The van der Waals surface area contributed by atoms with Crippen molar-refractivity contribution in [3.63, 3.8) is 0 Å². The molecule has 0 aromatic heterocycles. The summed E-state index contributed by atoms with van der Waals surface area (Å²) in [6.45, 7) is 3.67. The number of hydrogen-bond donors (Lipinski definition) is 2. The monoisotopic (exact) mass is 366 g/mol. The van der Waals surface area contributed by atoms with E-state index in [1.54, 1.807) is 0 Å². The Morgan fingerprint density at radius 1 is 1.04 bits per heavy atom. The molecule has 0 radical (unpaired) electrons. The van der Waals surface area contributed by atoms with Gasteiger partial charge in [0.25, 0.3) is 5.91 Å². The molecule has 25 heavy (non-hydrogen) atoms. The van der Waals surface area contributed by atoms with Crippen molar-refractivity contribution in [2.75, 3.05) is 26.2 Å². The van der Waals surface area contributed by atoms with Gasteiger partial charge in [0.1, 0.15) is 5.75 Å². The molecule has 2 N–H and O–H groups in total. The van der Waals surface area contributed by atoms with Gasteiger partial charge in [-0.15, -0.1) is 12.4 Å². The first-order valence-corrected chi connectivity index (χ1v) is 9.53. The zero-order valence-corrected chi connectivity index (χ0v) is 15.8. The molecular formula is C20H31ClN2O2. The highest BCUT2D eigenvalue weighted by molar-refractivity contribution is 5.94. The highest BCUT2D eigenvalue weighted by Gasteiger charge is 2.15. The summed E-state index contributed by atoms with van der Waals surface area (Å²) in [6, 6.07) is 7.56. The fraction of sp³-hybridized carbons (Fsp3) is 0.650. The third-order valence-corrected chi connectivity index (χ3v) is 5.28. The summed E-state index contributed by atoms with van der Waals surface area (Å²) in [6.07, 6.45) is 9.02. The van der Waals surface area contributed by atoms with Crippen LogP contribution < -0.4 is 15.4 Å². The predicted molar refractivity (Wildman–Crippen MR) is 104 cm³/mol. The van der Waals surface area contributed by atoms with Gasteiger partial charge < -0.3 is 15.4 Å². The average molecular weight is 367 g/mol. The summed E-state index contributed by atoms with van der Waals surface area (Å²) < 4.78 is 5.90. The number of benzene rings is 1. The first-order chi connectivity index (χ1) is 11.8. The lowest BCUT2D eigenvalue weighted by Crippen LogP contribution is -2.38. The molecule has 2 fully saturated rings. The molecule has 1 amide bonds. The zero-order valence-electron chi connectivity index (χ0n) is 15.0. The third-order valence-electron chi connectivity index (χ3n) is 5.28. The highest BCUT2D eigenvalue weighted by Crippen LogP contribution is 2.24. The Morgan fingerprint density at radius 3 is 2.44 bits per heavy atom. The van der Waals surface area contributed by atoms with E-state index in [1.165, 1.54) is 44.9 Å². The number of carbonyl (C=O) groups is 1. The van der Waals surface area contributed by atoms with E-state index in [-0.39, 0.29) is 18.3 Å². The van der Waals surface area contributed by atoms with Gasteiger partial charge in [-0.1, -0.05) is 19.3 Å². The van der Waals surface area contributed by atoms with Crippen molar-refractivity contribution in [2.24, 2.45) is 11.8 Å². The summed E-state index contributed by atoms with van der Waals surface area (Å²) >= 11 is 0. The molecule has 2 aliphatic rings. The molecule has 1 aliphatic heterocycles. The number of nitrogens with one attached hydrogen (secondary N) is 2. The van der Waals surface area contributed by atoms with Crippen LogP contribution in [-0.2, 0) is 0 Å². The Morgan fingerprint density at radius 2 is 1.76 bits per heavy atom. The van der Waals surface area contributed by atoms with E-state index < -0.39 is 0 Å². The fourth-order valence-electron chi connectivity index (χ4n) is 3.71. The Hall–Kier alpha value is -1.26. The fourth-order valence-corrected chi connectivity index (χ4v) is 3.71. The van der Waals surface area contributed by atoms with Gasteiger partial charge in [-0.2, -0.15) is 0 Å². The van der Waals surface area contributed by atoms with E-state index >= 15 is 0 Å². The zero-order chi connectivity index (χ0) is 16.6. The van der Waals surface area contributed by atoms with Gasteiger partial charge in [0.05, 0.1) is 6.61 Å². The van der Waals surface area contributed by atoms with Crippen molar-refractivity contribution in [1.29, 1.82) is 0 Å². The van der Waals surface area contributed by atoms with Gasteiger partial charge >= 0.3 is 0 Å². The minimum atomic E-state index is 0. The van der Waals surface area contributed by atoms with Gasteiger partial charge in [-0.05, 0) is 74.9 Å². The van der Waals surface area contributed by atoms with Crippen molar-refractivity contribution in [2.45, 2.75) is 44.9 Å². The van der Waals surface area contributed by atoms with Crippen LogP contribution in [0.25, 0.3) is 0 Å². The van der Waals surface area contributed by atoms with Crippen LogP contribution in [0.15, 0.2) is 24.3 Å². The van der Waals surface area contributed by atoms with Crippen LogP contribution in [-0.4, -0.2) is 32.1 Å². The first kappa shape index (κ1) is 20.1. The number of halogens is 1. The summed E-state index contributed by atoms with van der Waals surface area (Å²) in [4.78, 5) is 12.2. The maximum atomic E-state index is 12.2. The van der Waals surface area contributed by atoms with Gasteiger partial charge in [-0.3, -0.25) is 4.79 Å². The van der Waals surface area contributed by atoms with E-state index in [1.807, 2.05) is 24.3 Å². The van der Waals surface area contributed by atoms with Crippen molar-refractivity contribution in [3.05, 3.63) is 29.8 Å². The molecule has 0 spiro atoms. The molecule has 0 bridgehead atoms. The van der Waals surface area contributed by atoms with Gasteiger partial charge in [0, 0.05) is 12.1 Å². The number of piperidine rings is 1. The van der Waals surface area contributed by atoms with Crippen LogP contribution in [0.1, 0.15) is 55.3 Å². The number of ether oxygens (including phenoxy) is 1. The lowest BCUT2D eigenvalue weighted by Gasteiger charge is -2.23. The lowest BCUT2D eigenvalue weighted by atomic mass is 9.90. The molecule has 1 heterocycles. The maximum Gasteiger partial charge on any atom is 0.251 e. The van der Waals surface area contributed by atoms with Gasteiger partial charge in [0.2, 0.25) is 0 Å². The Kier molecular flexibility index (Phi) is 8.56. The van der Waals surface area contributed by atoms with Crippen LogP contribution in [0, 0.1) is 11.8 Å². The molecule has 1 unspecified atom stereocenters. The van der Waals surface area contributed by atoms with E-state index in [4.69, 9.17) is 4.74 Å². The molecule has 5 heteroatoms. The Bertz CT molecular complexity index is 509.